The van der Waals surface area contributed by atoms with Crippen molar-refractivity contribution >= 4 is 23.5 Å². The van der Waals surface area contributed by atoms with E-state index >= 15 is 0 Å². The van der Waals surface area contributed by atoms with Gasteiger partial charge in [0.1, 0.15) is 5.82 Å². The van der Waals surface area contributed by atoms with E-state index < -0.39 is 5.97 Å². The minimum Gasteiger partial charge on any atom is -0.478 e. The van der Waals surface area contributed by atoms with Crippen LogP contribution >= 0.6 is 11.8 Å². The fraction of sp³-hybridized carbons (Fsp3) is 0.500. The van der Waals surface area contributed by atoms with Crippen LogP contribution < -0.4 is 4.90 Å². The van der Waals surface area contributed by atoms with E-state index in [2.05, 4.69) is 18.2 Å². The molecule has 1 aromatic rings. The van der Waals surface area contributed by atoms with Crippen LogP contribution in [0.4, 0.5) is 5.82 Å². The zero-order valence-corrected chi connectivity index (χ0v) is 11.2. The molecule has 5 heteroatoms. The van der Waals surface area contributed by atoms with E-state index in [-0.39, 0.29) is 5.56 Å². The van der Waals surface area contributed by atoms with Crippen molar-refractivity contribution in [3.8, 4) is 0 Å². The second-order valence-electron chi connectivity index (χ2n) is 3.95. The molecule has 1 N–H and O–H groups in total. The minimum atomic E-state index is -0.918. The van der Waals surface area contributed by atoms with Crippen molar-refractivity contribution in [1.82, 2.24) is 4.98 Å². The summed E-state index contributed by atoms with van der Waals surface area (Å²) >= 11 is 1.81. The van der Waals surface area contributed by atoms with Gasteiger partial charge in [0.05, 0.1) is 5.56 Å². The van der Waals surface area contributed by atoms with Gasteiger partial charge in [0.15, 0.2) is 0 Å². The molecule has 0 aliphatic rings. The molecule has 0 amide bonds. The maximum absolute atomic E-state index is 10.9. The van der Waals surface area contributed by atoms with Crippen LogP contribution in [0.1, 0.15) is 23.7 Å². The highest BCUT2D eigenvalue weighted by molar-refractivity contribution is 7.98. The topological polar surface area (TPSA) is 53.4 Å². The molecule has 0 bridgehead atoms. The van der Waals surface area contributed by atoms with Gasteiger partial charge in [-0.3, -0.25) is 0 Å². The molecular weight excluding hydrogens is 236 g/mol. The molecule has 17 heavy (non-hydrogen) atoms. The van der Waals surface area contributed by atoms with Crippen molar-refractivity contribution < 1.29 is 9.90 Å². The van der Waals surface area contributed by atoms with Crippen molar-refractivity contribution in [3.05, 3.63) is 23.9 Å². The predicted molar refractivity (Wildman–Crippen MR) is 72.1 cm³/mol. The summed E-state index contributed by atoms with van der Waals surface area (Å²) in [5.74, 6) is 0.877. The van der Waals surface area contributed by atoms with Gasteiger partial charge in [-0.05, 0) is 37.5 Å². The maximum atomic E-state index is 10.9. The Morgan fingerprint density at radius 3 is 2.94 bits per heavy atom. The van der Waals surface area contributed by atoms with Gasteiger partial charge in [0.25, 0.3) is 0 Å². The number of pyridine rings is 1. The van der Waals surface area contributed by atoms with Crippen LogP contribution in [0.5, 0.6) is 0 Å². The molecule has 1 unspecified atom stereocenters. The van der Waals surface area contributed by atoms with Gasteiger partial charge in [-0.2, -0.15) is 11.8 Å². The number of carboxylic acid groups (broad SMARTS) is 1. The van der Waals surface area contributed by atoms with Crippen LogP contribution in [-0.4, -0.2) is 41.2 Å². The maximum Gasteiger partial charge on any atom is 0.335 e. The quantitative estimate of drug-likeness (QED) is 0.844. The first-order valence-corrected chi connectivity index (χ1v) is 6.86. The fourth-order valence-corrected chi connectivity index (χ4v) is 2.03. The Balaban J connectivity index is 2.77. The summed E-state index contributed by atoms with van der Waals surface area (Å²) in [6.45, 7) is 2.12. The Labute approximate surface area is 106 Å². The molecule has 0 saturated heterocycles. The summed E-state index contributed by atoms with van der Waals surface area (Å²) in [5, 5.41) is 8.92. The number of carboxylic acids is 1. The number of hydrogen-bond donors (Lipinski definition) is 1. The number of nitrogens with zero attached hydrogens (tertiary/aromatic N) is 2. The number of anilines is 1. The lowest BCUT2D eigenvalue weighted by atomic mass is 10.2. The van der Waals surface area contributed by atoms with E-state index in [1.54, 1.807) is 6.07 Å². The van der Waals surface area contributed by atoms with Crippen molar-refractivity contribution in [2.75, 3.05) is 24.0 Å². The Morgan fingerprint density at radius 2 is 2.35 bits per heavy atom. The second kappa shape index (κ2) is 6.49. The van der Waals surface area contributed by atoms with Gasteiger partial charge in [-0.1, -0.05) is 0 Å². The zero-order chi connectivity index (χ0) is 12.8. The van der Waals surface area contributed by atoms with Crippen LogP contribution in [0, 0.1) is 0 Å². The first-order valence-electron chi connectivity index (χ1n) is 5.47. The number of carbonyl (C=O) groups is 1. The van der Waals surface area contributed by atoms with Gasteiger partial charge in [-0.15, -0.1) is 0 Å². The van der Waals surface area contributed by atoms with E-state index in [1.807, 2.05) is 23.7 Å². The molecule has 0 aliphatic heterocycles. The molecule has 0 saturated carbocycles. The molecule has 1 aromatic heterocycles. The summed E-state index contributed by atoms with van der Waals surface area (Å²) < 4.78 is 0. The zero-order valence-electron chi connectivity index (χ0n) is 10.4. The fourth-order valence-electron chi connectivity index (χ4n) is 1.45. The van der Waals surface area contributed by atoms with E-state index in [0.29, 0.717) is 11.9 Å². The largest absolute Gasteiger partial charge is 0.478 e. The normalized spacial score (nSPS) is 12.2. The molecule has 0 radical (unpaired) electrons. The number of aromatic carboxylic acids is 1. The first kappa shape index (κ1) is 13.8. The Kier molecular flexibility index (Phi) is 5.28. The van der Waals surface area contributed by atoms with E-state index in [1.165, 1.54) is 12.3 Å². The highest BCUT2D eigenvalue weighted by atomic mass is 32.2. The molecule has 0 fully saturated rings. The van der Waals surface area contributed by atoms with E-state index in [4.69, 9.17) is 5.11 Å². The lowest BCUT2D eigenvalue weighted by Crippen LogP contribution is -2.30. The van der Waals surface area contributed by atoms with Crippen molar-refractivity contribution in [3.63, 3.8) is 0 Å². The number of rotatable bonds is 6. The molecule has 1 atom stereocenters. The van der Waals surface area contributed by atoms with Gasteiger partial charge < -0.3 is 10.0 Å². The smallest absolute Gasteiger partial charge is 0.335 e. The van der Waals surface area contributed by atoms with Gasteiger partial charge >= 0.3 is 5.97 Å². The summed E-state index contributed by atoms with van der Waals surface area (Å²) in [6, 6.07) is 3.46. The van der Waals surface area contributed by atoms with Crippen molar-refractivity contribution in [2.45, 2.75) is 19.4 Å². The summed E-state index contributed by atoms with van der Waals surface area (Å²) in [6.07, 6.45) is 4.67. The number of aromatic nitrogens is 1. The lowest BCUT2D eigenvalue weighted by molar-refractivity contribution is 0.0697. The number of thioether (sulfide) groups is 1. The predicted octanol–water partition coefficient (Wildman–Crippen LogP) is 2.36. The van der Waals surface area contributed by atoms with Gasteiger partial charge in [-0.25, -0.2) is 9.78 Å². The Hall–Kier alpha value is -1.23. The van der Waals surface area contributed by atoms with Crippen LogP contribution in [-0.2, 0) is 0 Å². The molecule has 0 spiro atoms. The summed E-state index contributed by atoms with van der Waals surface area (Å²) in [5.41, 5.74) is 0.277. The molecule has 1 heterocycles. The first-order chi connectivity index (χ1) is 8.06. The van der Waals surface area contributed by atoms with E-state index in [0.717, 1.165) is 12.2 Å². The highest BCUT2D eigenvalue weighted by Crippen LogP contribution is 2.16. The highest BCUT2D eigenvalue weighted by Gasteiger charge is 2.12. The Morgan fingerprint density at radius 1 is 1.65 bits per heavy atom. The molecule has 4 nitrogen and oxygen atoms in total. The summed E-state index contributed by atoms with van der Waals surface area (Å²) in [7, 11) is 1.94. The third-order valence-corrected chi connectivity index (χ3v) is 3.40. The number of hydrogen-bond acceptors (Lipinski definition) is 4. The monoisotopic (exact) mass is 254 g/mol. The lowest BCUT2D eigenvalue weighted by Gasteiger charge is -2.25. The minimum absolute atomic E-state index is 0.277. The van der Waals surface area contributed by atoms with Crippen LogP contribution in [0.15, 0.2) is 18.3 Å². The van der Waals surface area contributed by atoms with Gasteiger partial charge in [0.2, 0.25) is 0 Å². The van der Waals surface area contributed by atoms with Crippen molar-refractivity contribution in [2.24, 2.45) is 0 Å². The SMILES string of the molecule is CSCCC(C)N(C)c1cc(C(=O)O)ccn1. The van der Waals surface area contributed by atoms with Crippen LogP contribution in [0.3, 0.4) is 0 Å². The van der Waals surface area contributed by atoms with E-state index in [9.17, 15) is 4.79 Å². The Bertz CT molecular complexity index is 385. The molecular formula is C12H18N2O2S. The average Bonchev–Trinajstić information content (AvgIpc) is 2.35. The standard InChI is InChI=1S/C12H18N2O2S/c1-9(5-7-17-3)14(2)11-8-10(12(15)16)4-6-13-11/h4,6,8-9H,5,7H2,1-3H3,(H,15,16). The second-order valence-corrected chi connectivity index (χ2v) is 4.93. The third-order valence-electron chi connectivity index (χ3n) is 2.75. The summed E-state index contributed by atoms with van der Waals surface area (Å²) in [4.78, 5) is 17.1. The molecule has 0 aromatic carbocycles. The van der Waals surface area contributed by atoms with Crippen LogP contribution in [0.25, 0.3) is 0 Å². The third kappa shape index (κ3) is 3.93. The average molecular weight is 254 g/mol. The molecule has 1 rings (SSSR count). The van der Waals surface area contributed by atoms with Gasteiger partial charge in [0, 0.05) is 19.3 Å². The van der Waals surface area contributed by atoms with Crippen LogP contribution in [0.2, 0.25) is 0 Å². The molecule has 0 aliphatic carbocycles. The molecule has 94 valence electrons. The van der Waals surface area contributed by atoms with Crippen molar-refractivity contribution in [1.29, 1.82) is 0 Å².